The molecule has 0 saturated heterocycles. The molecule has 2 rings (SSSR count). The summed E-state index contributed by atoms with van der Waals surface area (Å²) in [4.78, 5) is 60.2. The van der Waals surface area contributed by atoms with E-state index in [0.29, 0.717) is 9.79 Å². The number of thioether (sulfide) groups is 2. The van der Waals surface area contributed by atoms with Crippen LogP contribution >= 0.6 is 23.5 Å². The van der Waals surface area contributed by atoms with Crippen molar-refractivity contribution in [2.75, 3.05) is 26.4 Å². The molecule has 0 saturated carbocycles. The van der Waals surface area contributed by atoms with Crippen molar-refractivity contribution in [1.29, 1.82) is 0 Å². The SMILES string of the molecule is CCOC(=O)/C(O)=C(\Sc1ccc(C)cc1)C(=O)OCC.CCOC(=O)C(=O)C(Sc1ccc(C)cc1)C(=O)OCC. The zero-order valence-corrected chi connectivity index (χ0v) is 26.1. The molecule has 0 bridgehead atoms. The second kappa shape index (κ2) is 19.4. The average Bonchev–Trinajstić information content (AvgIpc) is 2.96. The summed E-state index contributed by atoms with van der Waals surface area (Å²) in [5.74, 6) is -5.09. The number of ether oxygens (including phenoxy) is 4. The summed E-state index contributed by atoms with van der Waals surface area (Å²) in [7, 11) is 0. The lowest BCUT2D eigenvalue weighted by Gasteiger charge is -2.13. The van der Waals surface area contributed by atoms with Crippen LogP contribution in [-0.2, 0) is 42.9 Å². The molecule has 1 unspecified atom stereocenters. The van der Waals surface area contributed by atoms with E-state index >= 15 is 0 Å². The Kier molecular flexibility index (Phi) is 16.7. The second-order valence-electron chi connectivity index (χ2n) is 8.18. The fourth-order valence-electron chi connectivity index (χ4n) is 2.89. The molecular weight excluding hydrogens is 584 g/mol. The fourth-order valence-corrected chi connectivity index (χ4v) is 4.65. The Morgan fingerprint density at radius 2 is 1.07 bits per heavy atom. The molecule has 42 heavy (non-hydrogen) atoms. The summed E-state index contributed by atoms with van der Waals surface area (Å²) in [6.07, 6.45) is 0. The molecule has 12 heteroatoms. The number of hydrogen-bond acceptors (Lipinski definition) is 12. The van der Waals surface area contributed by atoms with Crippen LogP contribution in [0.5, 0.6) is 0 Å². The summed E-state index contributed by atoms with van der Waals surface area (Å²) in [5.41, 5.74) is 2.12. The van der Waals surface area contributed by atoms with Crippen LogP contribution < -0.4 is 0 Å². The molecule has 0 fully saturated rings. The lowest BCUT2D eigenvalue weighted by molar-refractivity contribution is -0.157. The van der Waals surface area contributed by atoms with Crippen molar-refractivity contribution in [3.05, 3.63) is 70.3 Å². The molecule has 2 aromatic rings. The van der Waals surface area contributed by atoms with Crippen LogP contribution in [0.2, 0.25) is 0 Å². The van der Waals surface area contributed by atoms with Crippen LogP contribution in [-0.4, -0.2) is 66.4 Å². The summed E-state index contributed by atoms with van der Waals surface area (Å²) in [6, 6.07) is 14.6. The van der Waals surface area contributed by atoms with E-state index in [2.05, 4.69) is 4.74 Å². The predicted molar refractivity (Wildman–Crippen MR) is 159 cm³/mol. The molecule has 1 atom stereocenters. The fraction of sp³-hybridized carbons (Fsp3) is 0.367. The van der Waals surface area contributed by atoms with Crippen molar-refractivity contribution in [2.24, 2.45) is 0 Å². The minimum absolute atomic E-state index is 0.0787. The number of benzene rings is 2. The third-order valence-electron chi connectivity index (χ3n) is 4.88. The number of rotatable bonds is 13. The molecule has 10 nitrogen and oxygen atoms in total. The van der Waals surface area contributed by atoms with Gasteiger partial charge in [-0.1, -0.05) is 47.2 Å². The molecule has 0 aromatic heterocycles. The van der Waals surface area contributed by atoms with Gasteiger partial charge in [0.25, 0.3) is 5.78 Å². The number of esters is 4. The van der Waals surface area contributed by atoms with E-state index in [-0.39, 0.29) is 31.3 Å². The molecule has 0 aliphatic heterocycles. The zero-order valence-electron chi connectivity index (χ0n) is 24.5. The number of Topliss-reactive ketones (excluding diaryl/α,β-unsaturated/α-hetero) is 1. The van der Waals surface area contributed by atoms with Gasteiger partial charge in [0.05, 0.1) is 26.4 Å². The monoisotopic (exact) mass is 620 g/mol. The van der Waals surface area contributed by atoms with Gasteiger partial charge in [-0.3, -0.25) is 9.59 Å². The van der Waals surface area contributed by atoms with Crippen LogP contribution in [0.4, 0.5) is 0 Å². The molecule has 0 aliphatic carbocycles. The highest BCUT2D eigenvalue weighted by Gasteiger charge is 2.35. The first kappa shape index (κ1) is 36.3. The number of aliphatic hydroxyl groups is 1. The highest BCUT2D eigenvalue weighted by Crippen LogP contribution is 2.30. The Morgan fingerprint density at radius 1 is 0.643 bits per heavy atom. The van der Waals surface area contributed by atoms with Gasteiger partial charge in [0.15, 0.2) is 5.25 Å². The number of carbonyl (C=O) groups excluding carboxylic acids is 5. The zero-order chi connectivity index (χ0) is 31.7. The maximum absolute atomic E-state index is 12.0. The van der Waals surface area contributed by atoms with Crippen molar-refractivity contribution in [3.63, 3.8) is 0 Å². The molecule has 2 aromatic carbocycles. The second-order valence-corrected chi connectivity index (χ2v) is 10.4. The number of carbonyl (C=O) groups is 5. The Morgan fingerprint density at radius 3 is 1.55 bits per heavy atom. The standard InChI is InChI=1S/2C15H18O5S/c2*1-4-19-14(17)12(16)13(15(18)20-5-2)21-11-8-6-10(3)7-9-11/h6-9,16H,4-5H2,1-3H3;6-9,13H,4-5H2,1-3H3/b13-12+;. The minimum atomic E-state index is -1.24. The van der Waals surface area contributed by atoms with E-state index in [9.17, 15) is 29.1 Å². The van der Waals surface area contributed by atoms with Crippen LogP contribution in [0.3, 0.4) is 0 Å². The van der Waals surface area contributed by atoms with Crippen molar-refractivity contribution in [1.82, 2.24) is 0 Å². The molecule has 1 N–H and O–H groups in total. The third kappa shape index (κ3) is 12.4. The molecule has 228 valence electrons. The van der Waals surface area contributed by atoms with E-state index in [4.69, 9.17) is 14.2 Å². The Bertz CT molecular complexity index is 1240. The van der Waals surface area contributed by atoms with Gasteiger partial charge in [0.1, 0.15) is 4.91 Å². The highest BCUT2D eigenvalue weighted by molar-refractivity contribution is 8.04. The largest absolute Gasteiger partial charge is 0.501 e. The van der Waals surface area contributed by atoms with Crippen LogP contribution in [0.15, 0.2) is 69.0 Å². The number of aryl methyl sites for hydroxylation is 2. The Hall–Kier alpha value is -3.77. The predicted octanol–water partition coefficient (Wildman–Crippen LogP) is 5.13. The number of hydrogen-bond donors (Lipinski definition) is 1. The molecule has 0 spiro atoms. The van der Waals surface area contributed by atoms with Crippen molar-refractivity contribution < 1.29 is 48.0 Å². The van der Waals surface area contributed by atoms with E-state index in [0.717, 1.165) is 34.7 Å². The first-order valence-corrected chi connectivity index (χ1v) is 14.8. The van der Waals surface area contributed by atoms with Crippen LogP contribution in [0.1, 0.15) is 38.8 Å². The molecule has 0 amide bonds. The maximum atomic E-state index is 12.0. The summed E-state index contributed by atoms with van der Waals surface area (Å²) in [5, 5.41) is 8.66. The topological polar surface area (TPSA) is 142 Å². The minimum Gasteiger partial charge on any atom is -0.501 e. The summed E-state index contributed by atoms with van der Waals surface area (Å²) >= 11 is 1.94. The van der Waals surface area contributed by atoms with E-state index in [1.54, 1.807) is 52.0 Å². The Balaban J connectivity index is 0.000000420. The lowest BCUT2D eigenvalue weighted by atomic mass is 10.2. The maximum Gasteiger partial charge on any atom is 0.376 e. The van der Waals surface area contributed by atoms with E-state index < -0.39 is 40.7 Å². The summed E-state index contributed by atoms with van der Waals surface area (Å²) in [6.45, 7) is 10.8. The highest BCUT2D eigenvalue weighted by atomic mass is 32.2. The van der Waals surface area contributed by atoms with Crippen molar-refractivity contribution in [3.8, 4) is 0 Å². The van der Waals surface area contributed by atoms with Gasteiger partial charge >= 0.3 is 23.9 Å². The lowest BCUT2D eigenvalue weighted by Crippen LogP contribution is -2.35. The van der Waals surface area contributed by atoms with Gasteiger partial charge < -0.3 is 24.1 Å². The number of aliphatic hydroxyl groups excluding tert-OH is 1. The van der Waals surface area contributed by atoms with Crippen molar-refractivity contribution in [2.45, 2.75) is 56.6 Å². The van der Waals surface area contributed by atoms with Gasteiger partial charge in [0, 0.05) is 9.79 Å². The summed E-state index contributed by atoms with van der Waals surface area (Å²) < 4.78 is 19.1. The molecule has 0 aliphatic rings. The van der Waals surface area contributed by atoms with Crippen LogP contribution in [0.25, 0.3) is 0 Å². The average molecular weight is 621 g/mol. The van der Waals surface area contributed by atoms with Gasteiger partial charge in [-0.15, -0.1) is 11.8 Å². The van der Waals surface area contributed by atoms with E-state index in [1.807, 2.05) is 38.1 Å². The van der Waals surface area contributed by atoms with E-state index in [1.165, 1.54) is 0 Å². The number of ketones is 1. The van der Waals surface area contributed by atoms with Gasteiger partial charge in [-0.05, 0) is 65.8 Å². The smallest absolute Gasteiger partial charge is 0.376 e. The van der Waals surface area contributed by atoms with Gasteiger partial charge in [0.2, 0.25) is 5.76 Å². The van der Waals surface area contributed by atoms with Gasteiger partial charge in [-0.25, -0.2) is 14.4 Å². The normalized spacial score (nSPS) is 11.6. The third-order valence-corrected chi connectivity index (χ3v) is 7.13. The molecule has 0 heterocycles. The quantitative estimate of drug-likeness (QED) is 0.0603. The molecular formula is C30H36O10S2. The van der Waals surface area contributed by atoms with Crippen molar-refractivity contribution >= 4 is 53.2 Å². The van der Waals surface area contributed by atoms with Crippen LogP contribution in [0, 0.1) is 13.8 Å². The Labute approximate surface area is 254 Å². The molecule has 0 radical (unpaired) electrons. The first-order chi connectivity index (χ1) is 20.0. The first-order valence-electron chi connectivity index (χ1n) is 13.1. The van der Waals surface area contributed by atoms with Gasteiger partial charge in [-0.2, -0.15) is 0 Å².